The summed E-state index contributed by atoms with van der Waals surface area (Å²) in [4.78, 5) is 20.1. The zero-order valence-corrected chi connectivity index (χ0v) is 12.7. The molecule has 3 atom stereocenters. The minimum absolute atomic E-state index is 0.0907. The Labute approximate surface area is 129 Å². The normalized spacial score (nSPS) is 28.2. The van der Waals surface area contributed by atoms with Gasteiger partial charge in [-0.15, -0.1) is 0 Å². The van der Waals surface area contributed by atoms with Gasteiger partial charge in [-0.25, -0.2) is 4.98 Å². The van der Waals surface area contributed by atoms with Crippen LogP contribution < -0.4 is 16.4 Å². The van der Waals surface area contributed by atoms with Crippen molar-refractivity contribution in [3.05, 3.63) is 11.8 Å². The molecular weight excluding hydrogens is 282 g/mol. The van der Waals surface area contributed by atoms with Gasteiger partial charge in [0, 0.05) is 18.3 Å². The van der Waals surface area contributed by atoms with Crippen LogP contribution in [0.15, 0.2) is 6.20 Å². The molecule has 7 nitrogen and oxygen atoms in total. The van der Waals surface area contributed by atoms with Crippen LogP contribution in [-0.2, 0) is 0 Å². The fourth-order valence-corrected chi connectivity index (χ4v) is 2.77. The molecule has 1 amide bonds. The van der Waals surface area contributed by atoms with Gasteiger partial charge in [-0.05, 0) is 38.0 Å². The van der Waals surface area contributed by atoms with E-state index in [9.17, 15) is 9.90 Å². The highest BCUT2D eigenvalue weighted by molar-refractivity contribution is 5.97. The first-order valence-electron chi connectivity index (χ1n) is 7.91. The molecule has 2 fully saturated rings. The van der Waals surface area contributed by atoms with E-state index in [1.807, 2.05) is 0 Å². The van der Waals surface area contributed by atoms with Gasteiger partial charge in [-0.1, -0.05) is 6.92 Å². The van der Waals surface area contributed by atoms with Crippen LogP contribution in [0.25, 0.3) is 0 Å². The Balaban J connectivity index is 1.75. The Kier molecular flexibility index (Phi) is 4.15. The molecule has 0 spiro atoms. The van der Waals surface area contributed by atoms with E-state index in [0.29, 0.717) is 30.1 Å². The number of amides is 1. The molecule has 7 heteroatoms. The van der Waals surface area contributed by atoms with Crippen molar-refractivity contribution >= 4 is 17.7 Å². The van der Waals surface area contributed by atoms with Crippen molar-refractivity contribution in [1.82, 2.24) is 9.97 Å². The molecule has 2 aliphatic rings. The van der Waals surface area contributed by atoms with Crippen molar-refractivity contribution in [2.24, 2.45) is 11.7 Å². The lowest BCUT2D eigenvalue weighted by Gasteiger charge is -2.32. The number of primary amides is 1. The molecule has 0 saturated heterocycles. The van der Waals surface area contributed by atoms with Crippen molar-refractivity contribution in [2.75, 3.05) is 10.6 Å². The monoisotopic (exact) mass is 305 g/mol. The number of carbonyl (C=O) groups is 1. The van der Waals surface area contributed by atoms with Crippen molar-refractivity contribution < 1.29 is 9.90 Å². The molecule has 1 heterocycles. The van der Waals surface area contributed by atoms with E-state index in [4.69, 9.17) is 5.73 Å². The van der Waals surface area contributed by atoms with Gasteiger partial charge < -0.3 is 21.5 Å². The molecule has 0 radical (unpaired) electrons. The predicted molar refractivity (Wildman–Crippen MR) is 83.6 cm³/mol. The van der Waals surface area contributed by atoms with E-state index >= 15 is 0 Å². The minimum atomic E-state index is -0.551. The van der Waals surface area contributed by atoms with Gasteiger partial charge in [0.05, 0.1) is 11.7 Å². The second-order valence-electron chi connectivity index (χ2n) is 6.44. The van der Waals surface area contributed by atoms with Crippen molar-refractivity contribution in [3.8, 4) is 0 Å². The number of aliphatic hydroxyl groups excluding tert-OH is 1. The summed E-state index contributed by atoms with van der Waals surface area (Å²) in [6, 6.07) is 0.526. The number of hydrogen-bond donors (Lipinski definition) is 4. The molecule has 0 aliphatic heterocycles. The number of nitrogens with one attached hydrogen (secondary N) is 2. The topological polar surface area (TPSA) is 113 Å². The van der Waals surface area contributed by atoms with Gasteiger partial charge in [0.2, 0.25) is 5.95 Å². The standard InChI is InChI=1S/C15H23N5O2/c1-8-2-3-10(6-12(8)21)18-14-11(13(16)22)7-17-15(20-14)19-9-4-5-9/h7-10,12,21H,2-6H2,1H3,(H2,16,22)(H2,17,18,19,20)/t8-,10-,12-/m1/s1. The summed E-state index contributed by atoms with van der Waals surface area (Å²) in [5.74, 6) is 0.730. The minimum Gasteiger partial charge on any atom is -0.393 e. The highest BCUT2D eigenvalue weighted by Crippen LogP contribution is 2.28. The summed E-state index contributed by atoms with van der Waals surface area (Å²) in [5.41, 5.74) is 5.69. The summed E-state index contributed by atoms with van der Waals surface area (Å²) in [6.07, 6.45) is 5.91. The molecule has 3 rings (SSSR count). The van der Waals surface area contributed by atoms with Crippen LogP contribution >= 0.6 is 0 Å². The van der Waals surface area contributed by atoms with E-state index < -0.39 is 5.91 Å². The number of nitrogens with two attached hydrogens (primary N) is 1. The quantitative estimate of drug-likeness (QED) is 0.648. The molecule has 1 aromatic heterocycles. The number of hydrogen-bond acceptors (Lipinski definition) is 6. The van der Waals surface area contributed by atoms with Crippen molar-refractivity contribution in [1.29, 1.82) is 0 Å². The number of aliphatic hydroxyl groups is 1. The van der Waals surface area contributed by atoms with Crippen LogP contribution in [0.3, 0.4) is 0 Å². The molecule has 22 heavy (non-hydrogen) atoms. The van der Waals surface area contributed by atoms with Crippen LogP contribution in [0.5, 0.6) is 0 Å². The Morgan fingerprint density at radius 3 is 2.64 bits per heavy atom. The smallest absolute Gasteiger partial charge is 0.254 e. The maximum atomic E-state index is 11.6. The first-order chi connectivity index (χ1) is 10.5. The molecular formula is C15H23N5O2. The van der Waals surface area contributed by atoms with E-state index in [0.717, 1.165) is 25.7 Å². The summed E-state index contributed by atoms with van der Waals surface area (Å²) >= 11 is 0. The summed E-state index contributed by atoms with van der Waals surface area (Å²) in [7, 11) is 0. The lowest BCUT2D eigenvalue weighted by molar-refractivity contribution is 0.0739. The van der Waals surface area contributed by atoms with Crippen LogP contribution in [-0.4, -0.2) is 39.2 Å². The SMILES string of the molecule is C[C@@H]1CC[C@@H](Nc2nc(NC3CC3)ncc2C(N)=O)C[C@H]1O. The highest BCUT2D eigenvalue weighted by atomic mass is 16.3. The Morgan fingerprint density at radius 2 is 2.00 bits per heavy atom. The zero-order chi connectivity index (χ0) is 15.7. The van der Waals surface area contributed by atoms with Crippen molar-refractivity contribution in [3.63, 3.8) is 0 Å². The largest absolute Gasteiger partial charge is 0.393 e. The lowest BCUT2D eigenvalue weighted by atomic mass is 9.85. The molecule has 0 bridgehead atoms. The second-order valence-corrected chi connectivity index (χ2v) is 6.44. The highest BCUT2D eigenvalue weighted by Gasteiger charge is 2.28. The zero-order valence-electron chi connectivity index (χ0n) is 12.7. The third-order valence-electron chi connectivity index (χ3n) is 4.46. The van der Waals surface area contributed by atoms with Crippen molar-refractivity contribution in [2.45, 2.75) is 57.2 Å². The fraction of sp³-hybridized carbons (Fsp3) is 0.667. The Morgan fingerprint density at radius 1 is 1.27 bits per heavy atom. The van der Waals surface area contributed by atoms with E-state index in [-0.39, 0.29) is 17.7 Å². The Hall–Kier alpha value is -1.89. The van der Waals surface area contributed by atoms with Gasteiger partial charge in [-0.3, -0.25) is 4.79 Å². The number of anilines is 2. The molecule has 5 N–H and O–H groups in total. The first kappa shape index (κ1) is 15.0. The maximum absolute atomic E-state index is 11.6. The van der Waals surface area contributed by atoms with Crippen LogP contribution in [0.4, 0.5) is 11.8 Å². The first-order valence-corrected chi connectivity index (χ1v) is 7.91. The molecule has 2 saturated carbocycles. The lowest BCUT2D eigenvalue weighted by Crippen LogP contribution is -2.35. The fourth-order valence-electron chi connectivity index (χ4n) is 2.77. The molecule has 0 aromatic carbocycles. The maximum Gasteiger partial charge on any atom is 0.254 e. The number of nitrogens with zero attached hydrogens (tertiary/aromatic N) is 2. The van der Waals surface area contributed by atoms with Gasteiger partial charge in [0.15, 0.2) is 0 Å². The third-order valence-corrected chi connectivity index (χ3v) is 4.46. The summed E-state index contributed by atoms with van der Waals surface area (Å²) < 4.78 is 0. The average Bonchev–Trinajstić information content (AvgIpc) is 3.27. The van der Waals surface area contributed by atoms with E-state index in [1.54, 1.807) is 0 Å². The molecule has 2 aliphatic carbocycles. The Bertz CT molecular complexity index is 561. The van der Waals surface area contributed by atoms with Crippen LogP contribution in [0, 0.1) is 5.92 Å². The van der Waals surface area contributed by atoms with Gasteiger partial charge in [0.1, 0.15) is 5.82 Å². The number of aromatic nitrogens is 2. The molecule has 120 valence electrons. The third kappa shape index (κ3) is 3.47. The predicted octanol–water partition coefficient (Wildman–Crippen LogP) is 1.11. The molecule has 0 unspecified atom stereocenters. The summed E-state index contributed by atoms with van der Waals surface area (Å²) in [6.45, 7) is 2.05. The number of carbonyl (C=O) groups excluding carboxylic acids is 1. The molecule has 1 aromatic rings. The van der Waals surface area contributed by atoms with Gasteiger partial charge in [0.25, 0.3) is 5.91 Å². The average molecular weight is 305 g/mol. The van der Waals surface area contributed by atoms with Crippen LogP contribution in [0.2, 0.25) is 0 Å². The van der Waals surface area contributed by atoms with E-state index in [1.165, 1.54) is 6.20 Å². The van der Waals surface area contributed by atoms with Gasteiger partial charge in [-0.2, -0.15) is 4.98 Å². The summed E-state index contributed by atoms with van der Waals surface area (Å²) in [5, 5.41) is 16.5. The van der Waals surface area contributed by atoms with Crippen LogP contribution in [0.1, 0.15) is 49.4 Å². The van der Waals surface area contributed by atoms with Gasteiger partial charge >= 0.3 is 0 Å². The number of rotatable bonds is 5. The second kappa shape index (κ2) is 6.08. The van der Waals surface area contributed by atoms with E-state index in [2.05, 4.69) is 27.5 Å².